The summed E-state index contributed by atoms with van der Waals surface area (Å²) < 4.78 is 0. The van der Waals surface area contributed by atoms with Crippen LogP contribution in [0, 0.1) is 0 Å². The fourth-order valence-corrected chi connectivity index (χ4v) is 2.87. The first-order chi connectivity index (χ1) is 10.6. The molecule has 22 heavy (non-hydrogen) atoms. The predicted molar refractivity (Wildman–Crippen MR) is 92.9 cm³/mol. The molecule has 1 aliphatic rings. The molecule has 0 amide bonds. The van der Waals surface area contributed by atoms with Crippen molar-refractivity contribution in [3.8, 4) is 0 Å². The number of carbonyl (C=O) groups is 1. The van der Waals surface area contributed by atoms with Gasteiger partial charge in [0.1, 0.15) is 0 Å². The van der Waals surface area contributed by atoms with Gasteiger partial charge in [0.2, 0.25) is 0 Å². The lowest BCUT2D eigenvalue weighted by Gasteiger charge is -2.36. The lowest BCUT2D eigenvalue weighted by molar-refractivity contribution is 0.0972. The van der Waals surface area contributed by atoms with Gasteiger partial charge < -0.3 is 9.80 Å². The highest BCUT2D eigenvalue weighted by atomic mass is 16.1. The average Bonchev–Trinajstić information content (AvgIpc) is 2.54. The molecule has 0 radical (unpaired) electrons. The van der Waals surface area contributed by atoms with Gasteiger partial charge in [-0.1, -0.05) is 6.92 Å². The molecule has 1 aliphatic heterocycles. The molecule has 0 aliphatic carbocycles. The van der Waals surface area contributed by atoms with Crippen LogP contribution in [-0.2, 0) is 0 Å². The van der Waals surface area contributed by atoms with E-state index < -0.39 is 0 Å². The van der Waals surface area contributed by atoms with Gasteiger partial charge in [0.05, 0.1) is 0 Å². The summed E-state index contributed by atoms with van der Waals surface area (Å²) in [6.07, 6.45) is 1.81. The smallest absolute Gasteiger partial charge is 0.164 e. The fourth-order valence-electron chi connectivity index (χ4n) is 2.87. The molecule has 0 spiro atoms. The Bertz CT molecular complexity index is 462. The Balaban J connectivity index is 1.88. The van der Waals surface area contributed by atoms with Gasteiger partial charge in [-0.25, -0.2) is 0 Å². The molecule has 0 saturated carbocycles. The quantitative estimate of drug-likeness (QED) is 0.723. The minimum atomic E-state index is 0.230. The second-order valence-corrected chi connectivity index (χ2v) is 6.35. The molecule has 0 bridgehead atoms. The maximum atomic E-state index is 12.1. The molecule has 1 saturated heterocycles. The summed E-state index contributed by atoms with van der Waals surface area (Å²) in [7, 11) is 3.99. The minimum absolute atomic E-state index is 0.230. The maximum Gasteiger partial charge on any atom is 0.164 e. The number of ketones is 1. The second kappa shape index (κ2) is 8.30. The van der Waals surface area contributed by atoms with Crippen molar-refractivity contribution in [3.05, 3.63) is 29.8 Å². The summed E-state index contributed by atoms with van der Waals surface area (Å²) in [4.78, 5) is 19.1. The maximum absolute atomic E-state index is 12.1. The zero-order valence-electron chi connectivity index (χ0n) is 14.2. The summed E-state index contributed by atoms with van der Waals surface area (Å²) >= 11 is 0. The number of nitrogens with zero attached hydrogens (tertiary/aromatic N) is 3. The van der Waals surface area contributed by atoms with Crippen molar-refractivity contribution < 1.29 is 4.79 Å². The third kappa shape index (κ3) is 4.82. The molecule has 1 heterocycles. The Hall–Kier alpha value is -1.39. The van der Waals surface area contributed by atoms with Gasteiger partial charge in [-0.3, -0.25) is 9.69 Å². The average molecular weight is 303 g/mol. The number of benzene rings is 1. The van der Waals surface area contributed by atoms with Crippen LogP contribution in [0.3, 0.4) is 0 Å². The van der Waals surface area contributed by atoms with Gasteiger partial charge in [-0.15, -0.1) is 0 Å². The number of piperazine rings is 1. The van der Waals surface area contributed by atoms with Crippen LogP contribution in [0.1, 0.15) is 30.1 Å². The van der Waals surface area contributed by atoms with Crippen molar-refractivity contribution in [2.24, 2.45) is 0 Å². The van der Waals surface area contributed by atoms with Crippen molar-refractivity contribution in [2.45, 2.75) is 19.8 Å². The number of hydrogen-bond donors (Lipinski definition) is 0. The van der Waals surface area contributed by atoms with E-state index >= 15 is 0 Å². The Morgan fingerprint density at radius 2 is 1.73 bits per heavy atom. The number of carbonyl (C=O) groups excluding carboxylic acids is 1. The van der Waals surface area contributed by atoms with Crippen molar-refractivity contribution in [1.29, 1.82) is 0 Å². The molecule has 2 rings (SSSR count). The fraction of sp³-hybridized carbons (Fsp3) is 0.611. The summed E-state index contributed by atoms with van der Waals surface area (Å²) in [5.74, 6) is 0.230. The van der Waals surface area contributed by atoms with E-state index in [9.17, 15) is 4.79 Å². The summed E-state index contributed by atoms with van der Waals surface area (Å²) in [5.41, 5.74) is 2.07. The van der Waals surface area contributed by atoms with Crippen LogP contribution >= 0.6 is 0 Å². The number of Topliss-reactive ketones (excluding diaryl/α,β-unsaturated/α-hetero) is 1. The molecule has 0 aromatic heterocycles. The lowest BCUT2D eigenvalue weighted by atomic mass is 10.1. The number of rotatable bonds is 7. The minimum Gasteiger partial charge on any atom is -0.369 e. The van der Waals surface area contributed by atoms with E-state index in [1.165, 1.54) is 18.7 Å². The number of hydrogen-bond acceptors (Lipinski definition) is 4. The Labute approximate surface area is 134 Å². The van der Waals surface area contributed by atoms with Crippen molar-refractivity contribution in [1.82, 2.24) is 9.80 Å². The lowest BCUT2D eigenvalue weighted by Crippen LogP contribution is -2.46. The van der Waals surface area contributed by atoms with Gasteiger partial charge in [-0.05, 0) is 51.3 Å². The van der Waals surface area contributed by atoms with Gasteiger partial charge >= 0.3 is 0 Å². The molecule has 1 aromatic carbocycles. The van der Waals surface area contributed by atoms with Crippen molar-refractivity contribution in [3.63, 3.8) is 0 Å². The van der Waals surface area contributed by atoms with Crippen LogP contribution in [0.25, 0.3) is 0 Å². The number of anilines is 1. The molecule has 4 heteroatoms. The van der Waals surface area contributed by atoms with Gasteiger partial charge in [0, 0.05) is 50.4 Å². The zero-order chi connectivity index (χ0) is 15.9. The molecule has 1 fully saturated rings. The van der Waals surface area contributed by atoms with E-state index in [4.69, 9.17) is 0 Å². The monoisotopic (exact) mass is 303 g/mol. The third-order valence-corrected chi connectivity index (χ3v) is 4.25. The highest BCUT2D eigenvalue weighted by Crippen LogP contribution is 2.18. The highest BCUT2D eigenvalue weighted by Gasteiger charge is 2.16. The Morgan fingerprint density at radius 1 is 1.09 bits per heavy atom. The van der Waals surface area contributed by atoms with E-state index in [0.717, 1.165) is 38.3 Å². The summed E-state index contributed by atoms with van der Waals surface area (Å²) in [6.45, 7) is 8.67. The van der Waals surface area contributed by atoms with Crippen molar-refractivity contribution in [2.75, 3.05) is 58.3 Å². The second-order valence-electron chi connectivity index (χ2n) is 6.35. The Kier molecular flexibility index (Phi) is 6.40. The van der Waals surface area contributed by atoms with E-state index in [-0.39, 0.29) is 5.78 Å². The largest absolute Gasteiger partial charge is 0.369 e. The van der Waals surface area contributed by atoms with Crippen LogP contribution in [0.4, 0.5) is 5.69 Å². The highest BCUT2D eigenvalue weighted by molar-refractivity contribution is 5.96. The van der Waals surface area contributed by atoms with E-state index in [0.29, 0.717) is 6.42 Å². The van der Waals surface area contributed by atoms with Crippen LogP contribution in [0.2, 0.25) is 0 Å². The topological polar surface area (TPSA) is 26.8 Å². The summed E-state index contributed by atoms with van der Waals surface area (Å²) in [6, 6.07) is 8.15. The van der Waals surface area contributed by atoms with Crippen LogP contribution in [0.15, 0.2) is 24.3 Å². The van der Waals surface area contributed by atoms with E-state index in [2.05, 4.69) is 28.9 Å². The molecule has 4 nitrogen and oxygen atoms in total. The first-order valence-electron chi connectivity index (χ1n) is 8.35. The first kappa shape index (κ1) is 17.0. The third-order valence-electron chi connectivity index (χ3n) is 4.25. The van der Waals surface area contributed by atoms with Crippen LogP contribution < -0.4 is 4.90 Å². The van der Waals surface area contributed by atoms with E-state index in [1.54, 1.807) is 0 Å². The standard InChI is InChI=1S/C18H29N3O/c1-4-10-20-12-14-21(15-13-20)17-7-5-16(6-8-17)18(22)9-11-19(2)3/h5-8H,4,9-15H2,1-3H3. The molecule has 0 unspecified atom stereocenters. The van der Waals surface area contributed by atoms with Crippen LogP contribution in [0.5, 0.6) is 0 Å². The predicted octanol–water partition coefficient (Wildman–Crippen LogP) is 2.35. The zero-order valence-corrected chi connectivity index (χ0v) is 14.2. The summed E-state index contributed by atoms with van der Waals surface area (Å²) in [5, 5.41) is 0. The SMILES string of the molecule is CCCN1CCN(c2ccc(C(=O)CCN(C)C)cc2)CC1. The van der Waals surface area contributed by atoms with E-state index in [1.807, 2.05) is 31.1 Å². The molecule has 1 aromatic rings. The molecule has 0 atom stereocenters. The molecular weight excluding hydrogens is 274 g/mol. The Morgan fingerprint density at radius 3 is 2.27 bits per heavy atom. The first-order valence-corrected chi connectivity index (χ1v) is 8.35. The van der Waals surface area contributed by atoms with Crippen LogP contribution in [-0.4, -0.2) is 68.9 Å². The molecular formula is C18H29N3O. The molecule has 122 valence electrons. The molecule has 0 N–H and O–H groups in total. The van der Waals surface area contributed by atoms with Gasteiger partial charge in [0.25, 0.3) is 0 Å². The van der Waals surface area contributed by atoms with Gasteiger partial charge in [-0.2, -0.15) is 0 Å². The normalized spacial score (nSPS) is 16.3. The van der Waals surface area contributed by atoms with Crippen molar-refractivity contribution >= 4 is 11.5 Å². The van der Waals surface area contributed by atoms with Gasteiger partial charge in [0.15, 0.2) is 5.78 Å².